The topological polar surface area (TPSA) is 120 Å². The molecule has 8 nitrogen and oxygen atoms in total. The zero-order chi connectivity index (χ0) is 15.9. The number of hydrogen-bond acceptors (Lipinski definition) is 5. The predicted molar refractivity (Wildman–Crippen MR) is 76.4 cm³/mol. The fourth-order valence-electron chi connectivity index (χ4n) is 1.97. The summed E-state index contributed by atoms with van der Waals surface area (Å²) < 4.78 is 6.75. The number of ether oxygens (including phenoxy) is 1. The Morgan fingerprint density at radius 3 is 2.64 bits per heavy atom. The summed E-state index contributed by atoms with van der Waals surface area (Å²) in [5.74, 6) is -1.05. The molecule has 1 amide bonds. The standard InChI is InChI=1S/C14H16N4O4/c15-12(19)9-18-11(13(14(20)21)16-17-18)7-4-8-22-10-5-2-1-3-6-10/h1-3,5-6H,4,7-9H2,(H2,15,19)(H,20,21). The van der Waals surface area contributed by atoms with Crippen molar-refractivity contribution in [3.8, 4) is 5.75 Å². The molecular weight excluding hydrogens is 288 g/mol. The first kappa shape index (κ1) is 15.5. The molecule has 8 heteroatoms. The van der Waals surface area contributed by atoms with Crippen LogP contribution in [0, 0.1) is 0 Å². The summed E-state index contributed by atoms with van der Waals surface area (Å²) in [6.45, 7) is 0.208. The predicted octanol–water partition coefficient (Wildman–Crippen LogP) is 0.473. The Balaban J connectivity index is 1.97. The van der Waals surface area contributed by atoms with Crippen LogP contribution in [-0.4, -0.2) is 38.6 Å². The molecule has 0 aliphatic carbocycles. The molecule has 0 radical (unpaired) electrons. The van der Waals surface area contributed by atoms with Crippen LogP contribution in [0.1, 0.15) is 22.6 Å². The lowest BCUT2D eigenvalue weighted by Crippen LogP contribution is -2.21. The molecule has 0 spiro atoms. The molecule has 0 bridgehead atoms. The number of nitrogens with zero attached hydrogens (tertiary/aromatic N) is 3. The Hall–Kier alpha value is -2.90. The summed E-state index contributed by atoms with van der Waals surface area (Å²) in [5, 5.41) is 16.3. The fraction of sp³-hybridized carbons (Fsp3) is 0.286. The van der Waals surface area contributed by atoms with E-state index in [4.69, 9.17) is 15.6 Å². The van der Waals surface area contributed by atoms with E-state index in [-0.39, 0.29) is 12.2 Å². The highest BCUT2D eigenvalue weighted by molar-refractivity contribution is 5.86. The lowest BCUT2D eigenvalue weighted by Gasteiger charge is -2.07. The van der Waals surface area contributed by atoms with E-state index in [1.54, 1.807) is 0 Å². The van der Waals surface area contributed by atoms with Crippen LogP contribution in [0.4, 0.5) is 0 Å². The van der Waals surface area contributed by atoms with Crippen molar-refractivity contribution in [2.75, 3.05) is 6.61 Å². The molecule has 0 fully saturated rings. The Morgan fingerprint density at radius 1 is 1.27 bits per heavy atom. The molecule has 3 N–H and O–H groups in total. The maximum absolute atomic E-state index is 11.1. The van der Waals surface area contributed by atoms with Crippen LogP contribution < -0.4 is 10.5 Å². The number of para-hydroxylation sites is 1. The number of carboxylic acid groups (broad SMARTS) is 1. The van der Waals surface area contributed by atoms with Crippen LogP contribution in [0.5, 0.6) is 5.75 Å². The van der Waals surface area contributed by atoms with Crippen molar-refractivity contribution in [2.24, 2.45) is 5.73 Å². The first-order valence-corrected chi connectivity index (χ1v) is 6.69. The summed E-state index contributed by atoms with van der Waals surface area (Å²) in [6.07, 6.45) is 0.927. The molecule has 22 heavy (non-hydrogen) atoms. The minimum atomic E-state index is -1.19. The van der Waals surface area contributed by atoms with E-state index in [1.165, 1.54) is 4.68 Å². The van der Waals surface area contributed by atoms with E-state index in [0.717, 1.165) is 5.75 Å². The smallest absolute Gasteiger partial charge is 0.358 e. The van der Waals surface area contributed by atoms with E-state index >= 15 is 0 Å². The molecule has 1 aromatic carbocycles. The average Bonchev–Trinajstić information content (AvgIpc) is 2.87. The maximum atomic E-state index is 11.1. The monoisotopic (exact) mass is 304 g/mol. The van der Waals surface area contributed by atoms with Gasteiger partial charge in [0.05, 0.1) is 12.3 Å². The summed E-state index contributed by atoms with van der Waals surface area (Å²) in [6, 6.07) is 9.29. The van der Waals surface area contributed by atoms with Crippen LogP contribution >= 0.6 is 0 Å². The van der Waals surface area contributed by atoms with Crippen LogP contribution in [-0.2, 0) is 17.8 Å². The highest BCUT2D eigenvalue weighted by Crippen LogP contribution is 2.11. The number of aromatic nitrogens is 3. The van der Waals surface area contributed by atoms with Crippen LogP contribution in [0.3, 0.4) is 0 Å². The first-order valence-electron chi connectivity index (χ1n) is 6.69. The third-order valence-corrected chi connectivity index (χ3v) is 2.92. The van der Waals surface area contributed by atoms with Crippen LogP contribution in [0.15, 0.2) is 30.3 Å². The van der Waals surface area contributed by atoms with Gasteiger partial charge in [-0.1, -0.05) is 23.4 Å². The zero-order valence-corrected chi connectivity index (χ0v) is 11.8. The van der Waals surface area contributed by atoms with Crippen molar-refractivity contribution in [3.63, 3.8) is 0 Å². The third kappa shape index (κ3) is 4.05. The number of benzene rings is 1. The molecule has 1 aromatic heterocycles. The maximum Gasteiger partial charge on any atom is 0.358 e. The van der Waals surface area contributed by atoms with Gasteiger partial charge in [0.1, 0.15) is 12.3 Å². The number of nitrogens with two attached hydrogens (primary N) is 1. The van der Waals surface area contributed by atoms with Gasteiger partial charge < -0.3 is 15.6 Å². The van der Waals surface area contributed by atoms with E-state index in [9.17, 15) is 9.59 Å². The molecular formula is C14H16N4O4. The van der Waals surface area contributed by atoms with Crippen LogP contribution in [0.2, 0.25) is 0 Å². The van der Waals surface area contributed by atoms with Gasteiger partial charge in [-0.25, -0.2) is 9.48 Å². The van der Waals surface area contributed by atoms with Crippen molar-refractivity contribution in [2.45, 2.75) is 19.4 Å². The lowest BCUT2D eigenvalue weighted by atomic mass is 10.2. The van der Waals surface area contributed by atoms with Gasteiger partial charge in [-0.15, -0.1) is 5.10 Å². The second-order valence-electron chi connectivity index (χ2n) is 4.58. The largest absolute Gasteiger partial charge is 0.494 e. The van der Waals surface area contributed by atoms with Gasteiger partial charge in [-0.05, 0) is 25.0 Å². The van der Waals surface area contributed by atoms with E-state index in [2.05, 4.69) is 10.3 Å². The number of aromatic carboxylic acids is 1. The van der Waals surface area contributed by atoms with Gasteiger partial charge in [-0.3, -0.25) is 4.79 Å². The lowest BCUT2D eigenvalue weighted by molar-refractivity contribution is -0.118. The molecule has 0 aliphatic heterocycles. The molecule has 1 heterocycles. The molecule has 0 aliphatic rings. The molecule has 0 saturated heterocycles. The number of primary amides is 1. The van der Waals surface area contributed by atoms with Crippen molar-refractivity contribution in [1.82, 2.24) is 15.0 Å². The molecule has 0 atom stereocenters. The molecule has 116 valence electrons. The molecule has 2 aromatic rings. The first-order chi connectivity index (χ1) is 10.6. The Labute approximate surface area is 126 Å². The van der Waals surface area contributed by atoms with Crippen molar-refractivity contribution < 1.29 is 19.4 Å². The number of hydrogen-bond donors (Lipinski definition) is 2. The molecule has 2 rings (SSSR count). The molecule has 0 saturated carbocycles. The van der Waals surface area contributed by atoms with Gasteiger partial charge >= 0.3 is 5.97 Å². The van der Waals surface area contributed by atoms with Gasteiger partial charge in [0.15, 0.2) is 5.69 Å². The quantitative estimate of drug-likeness (QED) is 0.684. The molecule has 0 unspecified atom stereocenters. The summed E-state index contributed by atoms with van der Waals surface area (Å²) in [4.78, 5) is 22.1. The SMILES string of the molecule is NC(=O)Cn1nnc(C(=O)O)c1CCCOc1ccccc1. The Morgan fingerprint density at radius 2 is 2.00 bits per heavy atom. The number of carbonyl (C=O) groups excluding carboxylic acids is 1. The second kappa shape index (κ2) is 7.21. The third-order valence-electron chi connectivity index (χ3n) is 2.92. The minimum Gasteiger partial charge on any atom is -0.494 e. The van der Waals surface area contributed by atoms with E-state index in [1.807, 2.05) is 30.3 Å². The number of carboxylic acids is 1. The Kier molecular flexibility index (Phi) is 5.07. The number of carbonyl (C=O) groups is 2. The Bertz CT molecular complexity index is 654. The number of rotatable bonds is 8. The normalized spacial score (nSPS) is 10.4. The van der Waals surface area contributed by atoms with Crippen LogP contribution in [0.25, 0.3) is 0 Å². The van der Waals surface area contributed by atoms with Crippen molar-refractivity contribution in [1.29, 1.82) is 0 Å². The van der Waals surface area contributed by atoms with Gasteiger partial charge in [-0.2, -0.15) is 0 Å². The summed E-state index contributed by atoms with van der Waals surface area (Å²) in [7, 11) is 0. The fourth-order valence-corrected chi connectivity index (χ4v) is 1.97. The summed E-state index contributed by atoms with van der Waals surface area (Å²) >= 11 is 0. The van der Waals surface area contributed by atoms with Gasteiger partial charge in [0.25, 0.3) is 0 Å². The highest BCUT2D eigenvalue weighted by Gasteiger charge is 2.19. The van der Waals surface area contributed by atoms with Crippen molar-refractivity contribution in [3.05, 3.63) is 41.7 Å². The minimum absolute atomic E-state index is 0.166. The zero-order valence-electron chi connectivity index (χ0n) is 11.8. The van der Waals surface area contributed by atoms with Gasteiger partial charge in [0, 0.05) is 0 Å². The average molecular weight is 304 g/mol. The van der Waals surface area contributed by atoms with Gasteiger partial charge in [0.2, 0.25) is 5.91 Å². The summed E-state index contributed by atoms with van der Waals surface area (Å²) in [5.41, 5.74) is 5.31. The van der Waals surface area contributed by atoms with E-state index < -0.39 is 11.9 Å². The highest BCUT2D eigenvalue weighted by atomic mass is 16.5. The number of amides is 1. The van der Waals surface area contributed by atoms with E-state index in [0.29, 0.717) is 25.1 Å². The van der Waals surface area contributed by atoms with Crippen molar-refractivity contribution >= 4 is 11.9 Å². The second-order valence-corrected chi connectivity index (χ2v) is 4.58.